The maximum Gasteiger partial charge on any atom is 0.258 e. The first-order valence-corrected chi connectivity index (χ1v) is 7.90. The van der Waals surface area contributed by atoms with E-state index in [2.05, 4.69) is 20.5 Å². The average Bonchev–Trinajstić information content (AvgIpc) is 3.19. The standard InChI is InChI=1S/C17H17N7O/c1-11-9-15(24(22-11)14-6-3-2-5-13(14)18)21-17(25)12-10-20-23-8-4-7-19-16(12)23/h2-8,10,15H,9,18H2,1H3,(H,21,25). The highest BCUT2D eigenvalue weighted by Gasteiger charge is 2.29. The van der Waals surface area contributed by atoms with Crippen molar-refractivity contribution in [1.82, 2.24) is 19.9 Å². The summed E-state index contributed by atoms with van der Waals surface area (Å²) in [4.78, 5) is 17.0. The fourth-order valence-corrected chi connectivity index (χ4v) is 2.91. The van der Waals surface area contributed by atoms with Crippen molar-refractivity contribution in [3.8, 4) is 0 Å². The van der Waals surface area contributed by atoms with E-state index in [1.165, 1.54) is 6.20 Å². The largest absolute Gasteiger partial charge is 0.397 e. The van der Waals surface area contributed by atoms with Crippen LogP contribution in [0.4, 0.5) is 11.4 Å². The summed E-state index contributed by atoms with van der Waals surface area (Å²) in [5, 5.41) is 13.4. The predicted molar refractivity (Wildman–Crippen MR) is 95.3 cm³/mol. The molecule has 0 radical (unpaired) electrons. The van der Waals surface area contributed by atoms with Gasteiger partial charge in [-0.3, -0.25) is 4.79 Å². The zero-order valence-corrected chi connectivity index (χ0v) is 13.6. The molecule has 0 saturated carbocycles. The Bertz CT molecular complexity index is 978. The SMILES string of the molecule is CC1=NN(c2ccccc2N)C(NC(=O)c2cnn3cccnc23)C1. The molecular weight excluding hydrogens is 318 g/mol. The molecule has 3 heterocycles. The maximum atomic E-state index is 12.7. The fourth-order valence-electron chi connectivity index (χ4n) is 2.91. The summed E-state index contributed by atoms with van der Waals surface area (Å²) in [7, 11) is 0. The van der Waals surface area contributed by atoms with E-state index in [0.29, 0.717) is 23.3 Å². The van der Waals surface area contributed by atoms with Crippen molar-refractivity contribution in [2.45, 2.75) is 19.5 Å². The fraction of sp³-hybridized carbons (Fsp3) is 0.176. The van der Waals surface area contributed by atoms with E-state index in [1.54, 1.807) is 28.0 Å². The summed E-state index contributed by atoms with van der Waals surface area (Å²) in [6.07, 6.45) is 5.21. The average molecular weight is 335 g/mol. The molecular formula is C17H17N7O. The van der Waals surface area contributed by atoms with Gasteiger partial charge in [-0.15, -0.1) is 0 Å². The third-order valence-corrected chi connectivity index (χ3v) is 4.07. The summed E-state index contributed by atoms with van der Waals surface area (Å²) in [5.74, 6) is -0.247. The number of benzene rings is 1. The third-order valence-electron chi connectivity index (χ3n) is 4.07. The lowest BCUT2D eigenvalue weighted by atomic mass is 10.2. The summed E-state index contributed by atoms with van der Waals surface area (Å²) < 4.78 is 1.57. The number of nitrogens with zero attached hydrogens (tertiary/aromatic N) is 5. The van der Waals surface area contributed by atoms with E-state index < -0.39 is 0 Å². The van der Waals surface area contributed by atoms with Crippen LogP contribution in [0.2, 0.25) is 0 Å². The van der Waals surface area contributed by atoms with Crippen LogP contribution in [0.3, 0.4) is 0 Å². The molecule has 1 unspecified atom stereocenters. The number of nitrogen functional groups attached to an aromatic ring is 1. The zero-order chi connectivity index (χ0) is 17.4. The van der Waals surface area contributed by atoms with E-state index in [1.807, 2.05) is 31.2 Å². The number of nitrogens with two attached hydrogens (primary N) is 1. The molecule has 4 rings (SSSR count). The number of amides is 1. The van der Waals surface area contributed by atoms with Gasteiger partial charge in [-0.1, -0.05) is 12.1 Å². The summed E-state index contributed by atoms with van der Waals surface area (Å²) in [5.41, 5.74) is 9.30. The number of carbonyl (C=O) groups is 1. The van der Waals surface area contributed by atoms with Crippen molar-refractivity contribution in [1.29, 1.82) is 0 Å². The van der Waals surface area contributed by atoms with Crippen LogP contribution < -0.4 is 16.1 Å². The lowest BCUT2D eigenvalue weighted by molar-refractivity contribution is 0.0940. The number of hydrazone groups is 1. The molecule has 8 nitrogen and oxygen atoms in total. The molecule has 1 atom stereocenters. The second kappa shape index (κ2) is 5.90. The van der Waals surface area contributed by atoms with Crippen molar-refractivity contribution in [2.75, 3.05) is 10.7 Å². The normalized spacial score (nSPS) is 16.9. The molecule has 3 N–H and O–H groups in total. The minimum atomic E-state index is -0.309. The van der Waals surface area contributed by atoms with E-state index in [9.17, 15) is 4.79 Å². The highest BCUT2D eigenvalue weighted by molar-refractivity contribution is 6.00. The number of nitrogens with one attached hydrogen (secondary N) is 1. The zero-order valence-electron chi connectivity index (χ0n) is 13.6. The van der Waals surface area contributed by atoms with Gasteiger partial charge in [0, 0.05) is 24.5 Å². The number of aromatic nitrogens is 3. The van der Waals surface area contributed by atoms with Crippen molar-refractivity contribution < 1.29 is 4.79 Å². The number of fused-ring (bicyclic) bond motifs is 1. The molecule has 3 aromatic rings. The van der Waals surface area contributed by atoms with Gasteiger partial charge in [0.25, 0.3) is 5.91 Å². The van der Waals surface area contributed by atoms with E-state index in [-0.39, 0.29) is 12.1 Å². The second-order valence-corrected chi connectivity index (χ2v) is 5.88. The van der Waals surface area contributed by atoms with E-state index in [4.69, 9.17) is 5.73 Å². The Hall–Kier alpha value is -3.42. The molecule has 0 spiro atoms. The van der Waals surface area contributed by atoms with E-state index in [0.717, 1.165) is 11.4 Å². The van der Waals surface area contributed by atoms with Crippen LogP contribution in [-0.4, -0.2) is 32.4 Å². The molecule has 2 aromatic heterocycles. The Kier molecular flexibility index (Phi) is 3.57. The molecule has 126 valence electrons. The molecule has 1 amide bonds. The Morgan fingerprint density at radius 2 is 2.16 bits per heavy atom. The molecule has 1 aliphatic rings. The monoisotopic (exact) mass is 335 g/mol. The first kappa shape index (κ1) is 15.1. The van der Waals surface area contributed by atoms with Gasteiger partial charge in [-0.05, 0) is 25.1 Å². The highest BCUT2D eigenvalue weighted by Crippen LogP contribution is 2.28. The van der Waals surface area contributed by atoms with Crippen molar-refractivity contribution in [3.05, 3.63) is 54.5 Å². The van der Waals surface area contributed by atoms with Crippen molar-refractivity contribution in [3.63, 3.8) is 0 Å². The molecule has 1 aliphatic heterocycles. The first-order valence-electron chi connectivity index (χ1n) is 7.90. The van der Waals surface area contributed by atoms with Gasteiger partial charge in [0.15, 0.2) is 5.65 Å². The minimum Gasteiger partial charge on any atom is -0.397 e. The van der Waals surface area contributed by atoms with Crippen LogP contribution >= 0.6 is 0 Å². The Balaban J connectivity index is 1.61. The van der Waals surface area contributed by atoms with Gasteiger partial charge in [0.2, 0.25) is 0 Å². The molecule has 0 aliphatic carbocycles. The van der Waals surface area contributed by atoms with Crippen LogP contribution in [0.1, 0.15) is 23.7 Å². The van der Waals surface area contributed by atoms with Gasteiger partial charge < -0.3 is 11.1 Å². The van der Waals surface area contributed by atoms with Crippen LogP contribution in [0.25, 0.3) is 5.65 Å². The number of anilines is 2. The highest BCUT2D eigenvalue weighted by atomic mass is 16.2. The Morgan fingerprint density at radius 3 is 3.00 bits per heavy atom. The molecule has 0 bridgehead atoms. The molecule has 1 aromatic carbocycles. The van der Waals surface area contributed by atoms with Crippen LogP contribution in [0, 0.1) is 0 Å². The second-order valence-electron chi connectivity index (χ2n) is 5.88. The molecule has 0 saturated heterocycles. The van der Waals surface area contributed by atoms with Crippen LogP contribution in [0.5, 0.6) is 0 Å². The molecule has 25 heavy (non-hydrogen) atoms. The van der Waals surface area contributed by atoms with Crippen molar-refractivity contribution in [2.24, 2.45) is 5.10 Å². The maximum absolute atomic E-state index is 12.7. The van der Waals surface area contributed by atoms with Crippen LogP contribution in [-0.2, 0) is 0 Å². The molecule has 8 heteroatoms. The smallest absolute Gasteiger partial charge is 0.258 e. The lowest BCUT2D eigenvalue weighted by Crippen LogP contribution is -2.43. The van der Waals surface area contributed by atoms with Gasteiger partial charge in [0.1, 0.15) is 11.7 Å². The number of hydrogen-bond donors (Lipinski definition) is 2. The number of hydrogen-bond acceptors (Lipinski definition) is 6. The predicted octanol–water partition coefficient (Wildman–Crippen LogP) is 1.65. The Morgan fingerprint density at radius 1 is 1.32 bits per heavy atom. The van der Waals surface area contributed by atoms with Gasteiger partial charge >= 0.3 is 0 Å². The summed E-state index contributed by atoms with van der Waals surface area (Å²) >= 11 is 0. The molecule has 0 fully saturated rings. The first-order chi connectivity index (χ1) is 12.1. The number of carbonyl (C=O) groups excluding carboxylic acids is 1. The van der Waals surface area contributed by atoms with E-state index >= 15 is 0 Å². The topological polar surface area (TPSA) is 101 Å². The lowest BCUT2D eigenvalue weighted by Gasteiger charge is -2.25. The van der Waals surface area contributed by atoms with Crippen LogP contribution in [0.15, 0.2) is 54.0 Å². The van der Waals surface area contributed by atoms with Gasteiger partial charge in [-0.2, -0.15) is 10.2 Å². The summed E-state index contributed by atoms with van der Waals surface area (Å²) in [6.45, 7) is 1.93. The minimum absolute atomic E-state index is 0.247. The summed E-state index contributed by atoms with van der Waals surface area (Å²) in [6, 6.07) is 9.21. The third kappa shape index (κ3) is 2.67. The van der Waals surface area contributed by atoms with Gasteiger partial charge in [-0.25, -0.2) is 14.5 Å². The number of rotatable bonds is 3. The Labute approximate surface area is 144 Å². The quantitative estimate of drug-likeness (QED) is 0.709. The van der Waals surface area contributed by atoms with Crippen molar-refractivity contribution >= 4 is 28.6 Å². The van der Waals surface area contributed by atoms with Gasteiger partial charge in [0.05, 0.1) is 17.6 Å². The number of para-hydroxylation sites is 2.